The fraction of sp³-hybridized carbons (Fsp3) is 0.0455. The molecule has 0 saturated carbocycles. The summed E-state index contributed by atoms with van der Waals surface area (Å²) in [7, 11) is 0. The third-order valence-corrected chi connectivity index (χ3v) is 7.10. The molecule has 2 aromatic carbocycles. The highest BCUT2D eigenvalue weighted by Crippen LogP contribution is 2.47. The van der Waals surface area contributed by atoms with Gasteiger partial charge in [0.15, 0.2) is 0 Å². The van der Waals surface area contributed by atoms with Crippen molar-refractivity contribution in [3.63, 3.8) is 0 Å². The van der Waals surface area contributed by atoms with Crippen molar-refractivity contribution in [2.24, 2.45) is 0 Å². The largest absolute Gasteiger partial charge is 0.349 e. The average Bonchev–Trinajstić information content (AvgIpc) is 2.78. The van der Waals surface area contributed by atoms with Gasteiger partial charge in [0.2, 0.25) is 5.12 Å². The maximum atomic E-state index is 12.2. The van der Waals surface area contributed by atoms with Gasteiger partial charge in [-0.3, -0.25) is 14.6 Å². The smallest absolute Gasteiger partial charge is 0.282 e. The molecule has 34 heavy (non-hydrogen) atoms. The van der Waals surface area contributed by atoms with E-state index >= 15 is 0 Å². The summed E-state index contributed by atoms with van der Waals surface area (Å²) < 4.78 is 0.976. The van der Waals surface area contributed by atoms with Gasteiger partial charge in [-0.05, 0) is 42.0 Å². The lowest BCUT2D eigenvalue weighted by molar-refractivity contribution is 0.108. The second kappa shape index (κ2) is 10.4. The van der Waals surface area contributed by atoms with Crippen molar-refractivity contribution in [2.45, 2.75) is 10.3 Å². The summed E-state index contributed by atoms with van der Waals surface area (Å²) in [5, 5.41) is 4.39. The molecule has 0 amide bonds. The fourth-order valence-corrected chi connectivity index (χ4v) is 5.67. The molecule has 2 heterocycles. The molecule has 0 aliphatic carbocycles. The van der Waals surface area contributed by atoms with Gasteiger partial charge in [-0.15, -0.1) is 12.6 Å². The van der Waals surface area contributed by atoms with Crippen LogP contribution in [0.15, 0.2) is 75.5 Å². The Kier molecular flexibility index (Phi) is 7.49. The van der Waals surface area contributed by atoms with Crippen LogP contribution in [-0.2, 0) is 0 Å². The minimum atomic E-state index is -0.735. The van der Waals surface area contributed by atoms with Crippen molar-refractivity contribution in [1.82, 2.24) is 19.7 Å². The standard InChI is InChI=1S/C22H13Cl3N4O3S2/c23-12-5-3-11(4-6-12)19(34-20-14(21(31)33)2-1-7-26-20)18-15(24)8-13(9-16(18)25)29-22(32)28-17(30)10-27-29/h1-10,19H,(H,31,33)(H,28,30,32). The summed E-state index contributed by atoms with van der Waals surface area (Å²) in [5.41, 5.74) is 0.570. The van der Waals surface area contributed by atoms with Crippen molar-refractivity contribution in [3.05, 3.63) is 114 Å². The van der Waals surface area contributed by atoms with Crippen LogP contribution in [0.1, 0.15) is 26.7 Å². The Bertz CT molecular complexity index is 1480. The van der Waals surface area contributed by atoms with Gasteiger partial charge in [0.05, 0.1) is 16.5 Å². The zero-order valence-electron chi connectivity index (χ0n) is 16.9. The van der Waals surface area contributed by atoms with Gasteiger partial charge in [0.1, 0.15) is 11.2 Å². The SMILES string of the molecule is O=C(S)c1cccnc1SC(c1ccc(Cl)cc1)c1c(Cl)cc(-n2ncc(=O)[nH]c2=O)cc1Cl. The molecule has 1 unspecified atom stereocenters. The predicted octanol–water partition coefficient (Wildman–Crippen LogP) is 5.23. The molecule has 2 aromatic heterocycles. The number of nitrogens with one attached hydrogen (secondary N) is 1. The molecule has 0 saturated heterocycles. The van der Waals surface area contributed by atoms with Gasteiger partial charge < -0.3 is 0 Å². The van der Waals surface area contributed by atoms with Crippen LogP contribution < -0.4 is 11.2 Å². The highest BCUT2D eigenvalue weighted by atomic mass is 35.5. The van der Waals surface area contributed by atoms with E-state index in [9.17, 15) is 14.4 Å². The summed E-state index contributed by atoms with van der Waals surface area (Å²) in [4.78, 5) is 42.0. The molecule has 7 nitrogen and oxygen atoms in total. The molecule has 0 fully saturated rings. The monoisotopic (exact) mass is 550 g/mol. The third kappa shape index (κ3) is 5.24. The molecule has 12 heteroatoms. The minimum absolute atomic E-state index is 0.240. The molecule has 0 radical (unpaired) electrons. The van der Waals surface area contributed by atoms with Crippen LogP contribution in [0.25, 0.3) is 5.69 Å². The maximum Gasteiger partial charge on any atom is 0.349 e. The van der Waals surface area contributed by atoms with Gasteiger partial charge >= 0.3 is 5.69 Å². The fourth-order valence-electron chi connectivity index (χ4n) is 3.17. The number of nitrogens with zero attached hydrogens (tertiary/aromatic N) is 3. The van der Waals surface area contributed by atoms with E-state index in [0.29, 0.717) is 21.2 Å². The number of H-pyrrole nitrogens is 1. The first-order valence-corrected chi connectivity index (χ1v) is 12.0. The topological polar surface area (TPSA) is 97.7 Å². The molecule has 4 aromatic rings. The molecule has 0 bridgehead atoms. The van der Waals surface area contributed by atoms with Crippen molar-refractivity contribution in [1.29, 1.82) is 0 Å². The maximum absolute atomic E-state index is 12.2. The second-order valence-corrected chi connectivity index (χ2v) is 9.64. The molecular formula is C22H13Cl3N4O3S2. The summed E-state index contributed by atoms with van der Waals surface area (Å²) in [6.07, 6.45) is 2.54. The number of aromatic nitrogens is 4. The Balaban J connectivity index is 1.86. The first kappa shape index (κ1) is 24.6. The quantitative estimate of drug-likeness (QED) is 0.252. The second-order valence-electron chi connectivity index (χ2n) is 6.88. The van der Waals surface area contributed by atoms with Crippen LogP contribution in [0.4, 0.5) is 0 Å². The number of hydrogen-bond acceptors (Lipinski definition) is 6. The summed E-state index contributed by atoms with van der Waals surface area (Å²) >= 11 is 24.6. The van der Waals surface area contributed by atoms with Gasteiger partial charge in [-0.25, -0.2) is 9.78 Å². The Morgan fingerprint density at radius 3 is 2.35 bits per heavy atom. The number of carbonyl (C=O) groups is 1. The Labute approximate surface area is 217 Å². The van der Waals surface area contributed by atoms with Crippen molar-refractivity contribution >= 4 is 64.3 Å². The molecule has 0 spiro atoms. The van der Waals surface area contributed by atoms with E-state index in [4.69, 9.17) is 34.8 Å². The lowest BCUT2D eigenvalue weighted by Crippen LogP contribution is -2.30. The van der Waals surface area contributed by atoms with Crippen molar-refractivity contribution in [3.8, 4) is 5.69 Å². The third-order valence-electron chi connectivity index (χ3n) is 4.69. The molecule has 0 aliphatic rings. The van der Waals surface area contributed by atoms with E-state index in [1.54, 1.807) is 30.5 Å². The highest BCUT2D eigenvalue weighted by molar-refractivity contribution is 8.00. The van der Waals surface area contributed by atoms with E-state index < -0.39 is 21.6 Å². The Hall–Kier alpha value is -2.56. The van der Waals surface area contributed by atoms with Crippen LogP contribution in [0, 0.1) is 0 Å². The van der Waals surface area contributed by atoms with Gasteiger partial charge in [-0.1, -0.05) is 58.7 Å². The minimum Gasteiger partial charge on any atom is -0.282 e. The van der Waals surface area contributed by atoms with Gasteiger partial charge in [0.25, 0.3) is 5.56 Å². The highest BCUT2D eigenvalue weighted by Gasteiger charge is 2.25. The zero-order chi connectivity index (χ0) is 24.4. The van der Waals surface area contributed by atoms with Crippen LogP contribution >= 0.6 is 59.2 Å². The molecule has 1 atom stereocenters. The molecule has 0 aliphatic heterocycles. The predicted molar refractivity (Wildman–Crippen MR) is 137 cm³/mol. The van der Waals surface area contributed by atoms with E-state index in [-0.39, 0.29) is 15.7 Å². The molecule has 172 valence electrons. The Morgan fingerprint density at radius 2 is 1.74 bits per heavy atom. The van der Waals surface area contributed by atoms with E-state index in [2.05, 4.69) is 27.7 Å². The number of benzene rings is 2. The number of pyridine rings is 1. The summed E-state index contributed by atoms with van der Waals surface area (Å²) in [5.74, 6) is 0. The first-order valence-electron chi connectivity index (χ1n) is 9.53. The number of hydrogen-bond donors (Lipinski definition) is 2. The molecule has 1 N–H and O–H groups in total. The number of carbonyl (C=O) groups excluding carboxylic acids is 1. The van der Waals surface area contributed by atoms with E-state index in [1.165, 1.54) is 23.9 Å². The van der Waals surface area contributed by atoms with Crippen molar-refractivity contribution < 1.29 is 4.79 Å². The number of aromatic amines is 1. The number of thiol groups is 1. The zero-order valence-corrected chi connectivity index (χ0v) is 20.9. The number of halogens is 3. The molecular weight excluding hydrogens is 539 g/mol. The first-order chi connectivity index (χ1) is 16.2. The van der Waals surface area contributed by atoms with Crippen LogP contribution in [0.5, 0.6) is 0 Å². The average molecular weight is 552 g/mol. The lowest BCUT2D eigenvalue weighted by Gasteiger charge is -2.21. The van der Waals surface area contributed by atoms with Crippen molar-refractivity contribution in [2.75, 3.05) is 0 Å². The Morgan fingerprint density at radius 1 is 1.06 bits per heavy atom. The van der Waals surface area contributed by atoms with Gasteiger partial charge in [0, 0.05) is 26.8 Å². The van der Waals surface area contributed by atoms with Crippen LogP contribution in [0.2, 0.25) is 15.1 Å². The lowest BCUT2D eigenvalue weighted by atomic mass is 10.0. The summed E-state index contributed by atoms with van der Waals surface area (Å²) in [6.45, 7) is 0. The normalized spacial score (nSPS) is 11.9. The van der Waals surface area contributed by atoms with Crippen LogP contribution in [0.3, 0.4) is 0 Å². The molecule has 4 rings (SSSR count). The van der Waals surface area contributed by atoms with Crippen LogP contribution in [-0.4, -0.2) is 24.9 Å². The number of rotatable bonds is 6. The van der Waals surface area contributed by atoms with Gasteiger partial charge in [-0.2, -0.15) is 9.78 Å². The van der Waals surface area contributed by atoms with E-state index in [1.807, 2.05) is 12.1 Å². The summed E-state index contributed by atoms with van der Waals surface area (Å²) in [6, 6.07) is 13.4. The van der Waals surface area contributed by atoms with E-state index in [0.717, 1.165) is 16.4 Å². The number of thioether (sulfide) groups is 1.